The van der Waals surface area contributed by atoms with Gasteiger partial charge in [0.25, 0.3) is 11.1 Å². The van der Waals surface area contributed by atoms with Crippen molar-refractivity contribution in [1.82, 2.24) is 15.5 Å². The van der Waals surface area contributed by atoms with Crippen molar-refractivity contribution in [3.63, 3.8) is 0 Å². The third-order valence-corrected chi connectivity index (χ3v) is 4.72. The summed E-state index contributed by atoms with van der Waals surface area (Å²) in [6, 6.07) is 12.2. The van der Waals surface area contributed by atoms with Crippen molar-refractivity contribution >= 4 is 17.7 Å². The molecule has 1 heterocycles. The van der Waals surface area contributed by atoms with Gasteiger partial charge >= 0.3 is 0 Å². The van der Waals surface area contributed by atoms with Gasteiger partial charge in [-0.25, -0.2) is 8.78 Å². The van der Waals surface area contributed by atoms with E-state index in [4.69, 9.17) is 4.42 Å². The molecule has 1 aromatic heterocycles. The number of carbonyl (C=O) groups excluding carboxylic acids is 1. The fraction of sp³-hybridized carbons (Fsp3) is 0.211. The number of rotatable bonds is 7. The number of amides is 1. The lowest BCUT2D eigenvalue weighted by molar-refractivity contribution is -0.120. The largest absolute Gasteiger partial charge is 0.411 e. The predicted octanol–water partition coefficient (Wildman–Crippen LogP) is 3.85. The molecule has 0 saturated carbocycles. The zero-order valence-electron chi connectivity index (χ0n) is 14.5. The molecule has 1 atom stereocenters. The van der Waals surface area contributed by atoms with Gasteiger partial charge in [-0.1, -0.05) is 36.0 Å². The molecule has 0 spiro atoms. The predicted molar refractivity (Wildman–Crippen MR) is 98.1 cm³/mol. The summed E-state index contributed by atoms with van der Waals surface area (Å²) in [7, 11) is 0. The van der Waals surface area contributed by atoms with Crippen LogP contribution in [0.2, 0.25) is 0 Å². The van der Waals surface area contributed by atoms with Gasteiger partial charge in [0.05, 0.1) is 10.8 Å². The first-order valence-electron chi connectivity index (χ1n) is 8.30. The smallest absolute Gasteiger partial charge is 0.277 e. The zero-order valence-corrected chi connectivity index (χ0v) is 15.3. The first-order chi connectivity index (χ1) is 13.0. The van der Waals surface area contributed by atoms with E-state index in [0.29, 0.717) is 13.0 Å². The van der Waals surface area contributed by atoms with Gasteiger partial charge in [-0.2, -0.15) is 0 Å². The van der Waals surface area contributed by atoms with Crippen molar-refractivity contribution in [1.29, 1.82) is 0 Å². The van der Waals surface area contributed by atoms with Gasteiger partial charge in [0.1, 0.15) is 11.6 Å². The fourth-order valence-corrected chi connectivity index (χ4v) is 3.04. The summed E-state index contributed by atoms with van der Waals surface area (Å²) in [4.78, 5) is 12.2. The van der Waals surface area contributed by atoms with Crippen LogP contribution in [0.15, 0.2) is 58.2 Å². The second-order valence-electron chi connectivity index (χ2n) is 5.78. The summed E-state index contributed by atoms with van der Waals surface area (Å²) in [5, 5.41) is 10.2. The van der Waals surface area contributed by atoms with E-state index in [2.05, 4.69) is 15.5 Å². The monoisotopic (exact) mass is 389 g/mol. The van der Waals surface area contributed by atoms with E-state index < -0.39 is 11.1 Å². The minimum absolute atomic E-state index is 0.0690. The van der Waals surface area contributed by atoms with Crippen molar-refractivity contribution in [2.24, 2.45) is 0 Å². The van der Waals surface area contributed by atoms with Gasteiger partial charge < -0.3 is 9.73 Å². The molecular weight excluding hydrogens is 372 g/mol. The van der Waals surface area contributed by atoms with E-state index in [9.17, 15) is 13.6 Å². The van der Waals surface area contributed by atoms with Crippen LogP contribution >= 0.6 is 11.8 Å². The van der Waals surface area contributed by atoms with Crippen LogP contribution in [0.25, 0.3) is 11.5 Å². The van der Waals surface area contributed by atoms with Crippen LogP contribution in [0.5, 0.6) is 0 Å². The maximum atomic E-state index is 13.8. The maximum Gasteiger partial charge on any atom is 0.277 e. The van der Waals surface area contributed by atoms with E-state index in [1.165, 1.54) is 18.2 Å². The normalized spacial score (nSPS) is 12.0. The molecule has 3 rings (SSSR count). The van der Waals surface area contributed by atoms with E-state index >= 15 is 0 Å². The molecule has 0 saturated heterocycles. The highest BCUT2D eigenvalue weighted by Gasteiger charge is 2.19. The third kappa shape index (κ3) is 5.13. The lowest BCUT2D eigenvalue weighted by Gasteiger charge is -2.09. The molecule has 1 amide bonds. The van der Waals surface area contributed by atoms with E-state index in [1.807, 2.05) is 0 Å². The lowest BCUT2D eigenvalue weighted by Crippen LogP contribution is -2.32. The summed E-state index contributed by atoms with van der Waals surface area (Å²) in [5.74, 6) is -0.862. The number of hydrogen-bond donors (Lipinski definition) is 1. The zero-order chi connectivity index (χ0) is 19.2. The van der Waals surface area contributed by atoms with E-state index in [-0.39, 0.29) is 28.4 Å². The number of thioether (sulfide) groups is 1. The van der Waals surface area contributed by atoms with Gasteiger partial charge in [0.15, 0.2) is 0 Å². The van der Waals surface area contributed by atoms with Crippen molar-refractivity contribution in [3.8, 4) is 11.5 Å². The molecule has 3 aromatic rings. The average molecular weight is 389 g/mol. The molecule has 0 aliphatic carbocycles. The molecule has 5 nitrogen and oxygen atoms in total. The molecule has 0 radical (unpaired) electrons. The Morgan fingerprint density at radius 2 is 1.89 bits per heavy atom. The Kier molecular flexibility index (Phi) is 6.18. The highest BCUT2D eigenvalue weighted by molar-refractivity contribution is 8.00. The number of nitrogens with one attached hydrogen (secondary N) is 1. The highest BCUT2D eigenvalue weighted by atomic mass is 32.2. The Morgan fingerprint density at radius 1 is 1.15 bits per heavy atom. The minimum Gasteiger partial charge on any atom is -0.411 e. The van der Waals surface area contributed by atoms with E-state index in [1.54, 1.807) is 37.3 Å². The maximum absolute atomic E-state index is 13.8. The van der Waals surface area contributed by atoms with Gasteiger partial charge in [-0.05, 0) is 43.2 Å². The molecule has 140 valence electrons. The Bertz CT molecular complexity index is 915. The van der Waals surface area contributed by atoms with Crippen LogP contribution in [0, 0.1) is 11.6 Å². The minimum atomic E-state index is -0.466. The van der Waals surface area contributed by atoms with Gasteiger partial charge in [-0.3, -0.25) is 4.79 Å². The summed E-state index contributed by atoms with van der Waals surface area (Å²) in [6.45, 7) is 2.14. The Morgan fingerprint density at radius 3 is 2.63 bits per heavy atom. The molecule has 27 heavy (non-hydrogen) atoms. The molecule has 0 aliphatic rings. The summed E-state index contributed by atoms with van der Waals surface area (Å²) >= 11 is 1.10. The van der Waals surface area contributed by atoms with E-state index in [0.717, 1.165) is 17.3 Å². The summed E-state index contributed by atoms with van der Waals surface area (Å²) in [5.41, 5.74) is 1.15. The fourth-order valence-electron chi connectivity index (χ4n) is 2.33. The van der Waals surface area contributed by atoms with Crippen LogP contribution in [-0.2, 0) is 11.2 Å². The number of benzene rings is 2. The molecule has 0 unspecified atom stereocenters. The SMILES string of the molecule is C[C@H](Sc1nnc(-c2ccccc2F)o1)C(=O)NCCc1ccc(F)cc1. The molecule has 0 aliphatic heterocycles. The molecule has 2 aromatic carbocycles. The number of carbonyl (C=O) groups is 1. The lowest BCUT2D eigenvalue weighted by atomic mass is 10.1. The Labute approximate surface area is 159 Å². The standard InChI is InChI=1S/C19H17F2N3O2S/c1-12(17(25)22-11-10-13-6-8-14(20)9-7-13)27-19-24-23-18(26-19)15-4-2-3-5-16(15)21/h2-9,12H,10-11H2,1H3,(H,22,25)/t12-/m0/s1. The molecule has 1 N–H and O–H groups in total. The van der Waals surface area contributed by atoms with Crippen molar-refractivity contribution < 1.29 is 18.0 Å². The summed E-state index contributed by atoms with van der Waals surface area (Å²) in [6.07, 6.45) is 0.599. The van der Waals surface area contributed by atoms with Crippen LogP contribution in [-0.4, -0.2) is 27.9 Å². The number of nitrogens with zero attached hydrogens (tertiary/aromatic N) is 2. The highest BCUT2D eigenvalue weighted by Crippen LogP contribution is 2.27. The van der Waals surface area contributed by atoms with Crippen LogP contribution < -0.4 is 5.32 Å². The Hall–Kier alpha value is -2.74. The molecule has 0 fully saturated rings. The van der Waals surface area contributed by atoms with Crippen molar-refractivity contribution in [2.75, 3.05) is 6.54 Å². The average Bonchev–Trinajstić information content (AvgIpc) is 3.11. The van der Waals surface area contributed by atoms with Crippen molar-refractivity contribution in [2.45, 2.75) is 23.8 Å². The molecule has 0 bridgehead atoms. The third-order valence-electron chi connectivity index (χ3n) is 3.78. The van der Waals surface area contributed by atoms with Crippen LogP contribution in [0.3, 0.4) is 0 Å². The quantitative estimate of drug-likeness (QED) is 0.622. The van der Waals surface area contributed by atoms with Gasteiger partial charge in [-0.15, -0.1) is 10.2 Å². The number of hydrogen-bond acceptors (Lipinski definition) is 5. The summed E-state index contributed by atoms with van der Waals surface area (Å²) < 4.78 is 32.1. The van der Waals surface area contributed by atoms with Crippen molar-refractivity contribution in [3.05, 3.63) is 65.7 Å². The first kappa shape index (κ1) is 19.0. The molecule has 8 heteroatoms. The topological polar surface area (TPSA) is 68.0 Å². The van der Waals surface area contributed by atoms with Crippen LogP contribution in [0.4, 0.5) is 8.78 Å². The van der Waals surface area contributed by atoms with Crippen LogP contribution in [0.1, 0.15) is 12.5 Å². The second-order valence-corrected chi connectivity index (χ2v) is 7.07. The number of halogens is 2. The first-order valence-corrected chi connectivity index (χ1v) is 9.18. The molecular formula is C19H17F2N3O2S. The van der Waals surface area contributed by atoms with Gasteiger partial charge in [0, 0.05) is 6.54 Å². The second kappa shape index (κ2) is 8.77. The van der Waals surface area contributed by atoms with Gasteiger partial charge in [0.2, 0.25) is 5.91 Å². The number of aromatic nitrogens is 2. The Balaban J connectivity index is 1.51.